The van der Waals surface area contributed by atoms with Gasteiger partial charge in [0.15, 0.2) is 5.65 Å². The first-order valence-electron chi connectivity index (χ1n) is 4.52. The predicted octanol–water partition coefficient (Wildman–Crippen LogP) is 0.890. The van der Waals surface area contributed by atoms with Crippen molar-refractivity contribution >= 4 is 17.1 Å². The van der Waals surface area contributed by atoms with Crippen molar-refractivity contribution in [3.63, 3.8) is 0 Å². The van der Waals surface area contributed by atoms with Crippen molar-refractivity contribution in [1.29, 1.82) is 0 Å². The van der Waals surface area contributed by atoms with E-state index in [0.29, 0.717) is 23.7 Å². The van der Waals surface area contributed by atoms with Gasteiger partial charge in [0.2, 0.25) is 11.8 Å². The Kier molecular flexibility index (Phi) is 2.49. The second kappa shape index (κ2) is 3.95. The van der Waals surface area contributed by atoms with E-state index in [0.717, 1.165) is 0 Å². The molecule has 0 saturated carbocycles. The Morgan fingerprint density at radius 1 is 1.53 bits per heavy atom. The van der Waals surface area contributed by atoms with Gasteiger partial charge in [0.1, 0.15) is 12.1 Å². The molecule has 0 atom stereocenters. The molecule has 0 spiro atoms. The van der Waals surface area contributed by atoms with E-state index in [9.17, 15) is 0 Å². The molecule has 78 valence electrons. The molecule has 15 heavy (non-hydrogen) atoms. The number of nitrogens with zero attached hydrogens (tertiary/aromatic N) is 3. The number of aromatic amines is 1. The Balaban J connectivity index is 2.35. The Bertz CT molecular complexity index is 490. The highest BCUT2D eigenvalue weighted by Crippen LogP contribution is 2.19. The third-order valence-corrected chi connectivity index (χ3v) is 1.82. The largest absolute Gasteiger partial charge is 0.472 e. The van der Waals surface area contributed by atoms with Gasteiger partial charge < -0.3 is 15.5 Å². The quantitative estimate of drug-likeness (QED) is 0.726. The fourth-order valence-corrected chi connectivity index (χ4v) is 1.15. The summed E-state index contributed by atoms with van der Waals surface area (Å²) in [6.45, 7) is 2.37. The summed E-state index contributed by atoms with van der Waals surface area (Å²) in [5.41, 5.74) is 6.69. The maximum atomic E-state index is 5.51. The highest BCUT2D eigenvalue weighted by Gasteiger charge is 2.08. The van der Waals surface area contributed by atoms with Crippen LogP contribution in [0.15, 0.2) is 18.5 Å². The number of nitrogen functional groups attached to an aromatic ring is 1. The molecule has 2 heterocycles. The molecule has 6 nitrogen and oxygen atoms in total. The molecule has 2 aromatic rings. The van der Waals surface area contributed by atoms with Gasteiger partial charge in [-0.1, -0.05) is 12.2 Å². The van der Waals surface area contributed by atoms with Gasteiger partial charge in [-0.3, -0.25) is 0 Å². The summed E-state index contributed by atoms with van der Waals surface area (Å²) in [6, 6.07) is 0. The van der Waals surface area contributed by atoms with Crippen LogP contribution in [0.4, 0.5) is 5.95 Å². The normalized spacial score (nSPS) is 11.3. The van der Waals surface area contributed by atoms with Crippen molar-refractivity contribution in [3.05, 3.63) is 18.5 Å². The monoisotopic (exact) mass is 205 g/mol. The maximum Gasteiger partial charge on any atom is 0.245 e. The lowest BCUT2D eigenvalue weighted by atomic mass is 10.5. The fraction of sp³-hybridized carbons (Fsp3) is 0.222. The molecule has 0 aliphatic rings. The highest BCUT2D eigenvalue weighted by atomic mass is 16.5. The van der Waals surface area contributed by atoms with Crippen LogP contribution in [-0.2, 0) is 0 Å². The van der Waals surface area contributed by atoms with E-state index in [1.807, 2.05) is 19.1 Å². The zero-order chi connectivity index (χ0) is 10.7. The summed E-state index contributed by atoms with van der Waals surface area (Å²) in [5.74, 6) is 0.582. The zero-order valence-electron chi connectivity index (χ0n) is 8.27. The average Bonchev–Trinajstić information content (AvgIpc) is 2.65. The number of allylic oxidation sites excluding steroid dienone is 1. The third-order valence-electron chi connectivity index (χ3n) is 1.82. The number of aromatic nitrogens is 4. The van der Waals surface area contributed by atoms with Crippen molar-refractivity contribution < 1.29 is 4.74 Å². The lowest BCUT2D eigenvalue weighted by Gasteiger charge is -2.03. The van der Waals surface area contributed by atoms with Gasteiger partial charge in [-0.2, -0.15) is 9.97 Å². The smallest absolute Gasteiger partial charge is 0.245 e. The van der Waals surface area contributed by atoms with E-state index in [1.54, 1.807) is 0 Å². The van der Waals surface area contributed by atoms with Gasteiger partial charge in [0, 0.05) is 0 Å². The molecule has 3 N–H and O–H groups in total. The Morgan fingerprint density at radius 3 is 3.20 bits per heavy atom. The van der Waals surface area contributed by atoms with E-state index in [-0.39, 0.29) is 5.95 Å². The minimum absolute atomic E-state index is 0.157. The van der Waals surface area contributed by atoms with E-state index in [1.165, 1.54) is 6.33 Å². The molecule has 0 saturated heterocycles. The molecule has 0 bridgehead atoms. The lowest BCUT2D eigenvalue weighted by molar-refractivity contribution is 0.352. The number of hydrogen-bond donors (Lipinski definition) is 2. The number of ether oxygens (including phenoxy) is 1. The summed E-state index contributed by atoms with van der Waals surface area (Å²) in [5, 5.41) is 0. The molecule has 0 unspecified atom stereocenters. The van der Waals surface area contributed by atoms with Gasteiger partial charge in [0.25, 0.3) is 0 Å². The topological polar surface area (TPSA) is 89.7 Å². The SMILES string of the molecule is C/C=C/COc1nc(N)nc2nc[nH]c12. The minimum Gasteiger partial charge on any atom is -0.472 e. The number of imidazole rings is 1. The van der Waals surface area contributed by atoms with Gasteiger partial charge >= 0.3 is 0 Å². The maximum absolute atomic E-state index is 5.51. The summed E-state index contributed by atoms with van der Waals surface area (Å²) < 4.78 is 5.41. The number of nitrogens with two attached hydrogens (primary N) is 1. The minimum atomic E-state index is 0.157. The van der Waals surface area contributed by atoms with Gasteiger partial charge in [-0.15, -0.1) is 0 Å². The molecule has 0 amide bonds. The lowest BCUT2D eigenvalue weighted by Crippen LogP contribution is -2.01. The van der Waals surface area contributed by atoms with Crippen LogP contribution in [0, 0.1) is 0 Å². The summed E-state index contributed by atoms with van der Waals surface area (Å²) in [4.78, 5) is 14.8. The molecular weight excluding hydrogens is 194 g/mol. The molecular formula is C9H11N5O. The molecule has 6 heteroatoms. The first-order chi connectivity index (χ1) is 7.31. The number of anilines is 1. The van der Waals surface area contributed by atoms with E-state index >= 15 is 0 Å². The molecule has 2 aromatic heterocycles. The summed E-state index contributed by atoms with van der Waals surface area (Å²) >= 11 is 0. The Morgan fingerprint density at radius 2 is 2.40 bits per heavy atom. The molecule has 2 rings (SSSR count). The molecule has 0 fully saturated rings. The van der Waals surface area contributed by atoms with E-state index in [2.05, 4.69) is 19.9 Å². The van der Waals surface area contributed by atoms with Crippen LogP contribution in [0.1, 0.15) is 6.92 Å². The van der Waals surface area contributed by atoms with Crippen LogP contribution in [0.3, 0.4) is 0 Å². The second-order valence-corrected chi connectivity index (χ2v) is 2.87. The van der Waals surface area contributed by atoms with E-state index < -0.39 is 0 Å². The first kappa shape index (κ1) is 9.45. The second-order valence-electron chi connectivity index (χ2n) is 2.87. The Labute approximate surface area is 86.2 Å². The third kappa shape index (κ3) is 1.88. The van der Waals surface area contributed by atoms with Crippen LogP contribution in [0.2, 0.25) is 0 Å². The number of hydrogen-bond acceptors (Lipinski definition) is 5. The highest BCUT2D eigenvalue weighted by molar-refractivity contribution is 5.76. The molecule has 0 aromatic carbocycles. The van der Waals surface area contributed by atoms with Crippen LogP contribution in [0.25, 0.3) is 11.2 Å². The van der Waals surface area contributed by atoms with Crippen molar-refractivity contribution in [1.82, 2.24) is 19.9 Å². The fourth-order valence-electron chi connectivity index (χ4n) is 1.15. The molecule has 0 aliphatic carbocycles. The van der Waals surface area contributed by atoms with Crippen LogP contribution in [0.5, 0.6) is 5.88 Å². The van der Waals surface area contributed by atoms with Gasteiger partial charge in [-0.05, 0) is 6.92 Å². The van der Waals surface area contributed by atoms with Crippen molar-refractivity contribution in [2.75, 3.05) is 12.3 Å². The number of rotatable bonds is 3. The van der Waals surface area contributed by atoms with E-state index in [4.69, 9.17) is 10.5 Å². The predicted molar refractivity (Wildman–Crippen MR) is 56.4 cm³/mol. The standard InChI is InChI=1S/C9H11N5O/c1-2-3-4-15-8-6-7(12-5-11-6)13-9(10)14-8/h2-3,5H,4H2,1H3,(H3,10,11,12,13,14)/b3-2+. The average molecular weight is 205 g/mol. The molecule has 0 radical (unpaired) electrons. The summed E-state index contributed by atoms with van der Waals surface area (Å²) in [7, 11) is 0. The van der Waals surface area contributed by atoms with Crippen molar-refractivity contribution in [3.8, 4) is 5.88 Å². The van der Waals surface area contributed by atoms with Crippen LogP contribution >= 0.6 is 0 Å². The van der Waals surface area contributed by atoms with Gasteiger partial charge in [0.05, 0.1) is 6.33 Å². The molecule has 0 aliphatic heterocycles. The first-order valence-corrected chi connectivity index (χ1v) is 4.52. The van der Waals surface area contributed by atoms with Gasteiger partial charge in [-0.25, -0.2) is 4.98 Å². The number of nitrogens with one attached hydrogen (secondary N) is 1. The zero-order valence-corrected chi connectivity index (χ0v) is 8.27. The van der Waals surface area contributed by atoms with Crippen molar-refractivity contribution in [2.24, 2.45) is 0 Å². The Hall–Kier alpha value is -2.11. The van der Waals surface area contributed by atoms with Crippen LogP contribution in [-0.4, -0.2) is 26.5 Å². The van der Waals surface area contributed by atoms with Crippen LogP contribution < -0.4 is 10.5 Å². The number of fused-ring (bicyclic) bond motifs is 1. The van der Waals surface area contributed by atoms with Crippen molar-refractivity contribution in [2.45, 2.75) is 6.92 Å². The summed E-state index contributed by atoms with van der Waals surface area (Å²) in [6.07, 6.45) is 5.30. The number of H-pyrrole nitrogens is 1.